The standard InChI is InChI=1S/C12H11NO4/c1-16-11-9(14)6-4-3-5-7(13)8(6)10(15)12(11)17-2/h3-5H,13H2,1-2H3. The molecule has 2 N–H and O–H groups in total. The summed E-state index contributed by atoms with van der Waals surface area (Å²) in [4.78, 5) is 24.1. The van der Waals surface area contributed by atoms with Crippen molar-refractivity contribution in [3.63, 3.8) is 0 Å². The molecule has 2 rings (SSSR count). The molecule has 88 valence electrons. The largest absolute Gasteiger partial charge is 0.489 e. The van der Waals surface area contributed by atoms with Crippen molar-refractivity contribution in [2.75, 3.05) is 20.0 Å². The number of hydrogen-bond acceptors (Lipinski definition) is 5. The maximum Gasteiger partial charge on any atom is 0.234 e. The van der Waals surface area contributed by atoms with E-state index >= 15 is 0 Å². The maximum atomic E-state index is 12.1. The van der Waals surface area contributed by atoms with Crippen molar-refractivity contribution < 1.29 is 19.1 Å². The van der Waals surface area contributed by atoms with Crippen molar-refractivity contribution in [3.8, 4) is 0 Å². The number of Topliss-reactive ketones (excluding diaryl/α,β-unsaturated/α-hetero) is 2. The van der Waals surface area contributed by atoms with Crippen LogP contribution in [0.1, 0.15) is 20.7 Å². The average Bonchev–Trinajstić information content (AvgIpc) is 2.33. The Kier molecular flexibility index (Phi) is 2.59. The van der Waals surface area contributed by atoms with Crippen LogP contribution in [0.15, 0.2) is 29.7 Å². The minimum Gasteiger partial charge on any atom is -0.489 e. The maximum absolute atomic E-state index is 12.1. The molecule has 0 amide bonds. The highest BCUT2D eigenvalue weighted by molar-refractivity contribution is 6.27. The Morgan fingerprint density at radius 1 is 1.00 bits per heavy atom. The van der Waals surface area contributed by atoms with Gasteiger partial charge < -0.3 is 15.2 Å². The number of nitrogen functional groups attached to an aromatic ring is 1. The van der Waals surface area contributed by atoms with E-state index in [1.807, 2.05) is 0 Å². The molecular weight excluding hydrogens is 222 g/mol. The van der Waals surface area contributed by atoms with Crippen LogP contribution in [0.3, 0.4) is 0 Å². The summed E-state index contributed by atoms with van der Waals surface area (Å²) >= 11 is 0. The first-order valence-corrected chi connectivity index (χ1v) is 4.92. The van der Waals surface area contributed by atoms with Gasteiger partial charge in [0, 0.05) is 11.3 Å². The van der Waals surface area contributed by atoms with E-state index in [9.17, 15) is 9.59 Å². The molecule has 0 heterocycles. The minimum atomic E-state index is -0.433. The third kappa shape index (κ3) is 1.47. The summed E-state index contributed by atoms with van der Waals surface area (Å²) in [5, 5.41) is 0. The third-order valence-corrected chi connectivity index (χ3v) is 2.60. The van der Waals surface area contributed by atoms with Crippen LogP contribution in [-0.2, 0) is 9.47 Å². The zero-order valence-corrected chi connectivity index (χ0v) is 9.44. The van der Waals surface area contributed by atoms with E-state index < -0.39 is 11.6 Å². The zero-order chi connectivity index (χ0) is 12.6. The molecule has 0 unspecified atom stereocenters. The number of allylic oxidation sites excluding steroid dienone is 2. The molecule has 0 aliphatic heterocycles. The molecule has 0 radical (unpaired) electrons. The molecule has 1 aliphatic carbocycles. The van der Waals surface area contributed by atoms with E-state index in [-0.39, 0.29) is 28.3 Å². The molecule has 1 aromatic rings. The van der Waals surface area contributed by atoms with Crippen molar-refractivity contribution >= 4 is 17.3 Å². The molecule has 5 heteroatoms. The van der Waals surface area contributed by atoms with Gasteiger partial charge in [0.2, 0.25) is 23.1 Å². The highest BCUT2D eigenvalue weighted by atomic mass is 16.5. The molecular formula is C12H11NO4. The van der Waals surface area contributed by atoms with Gasteiger partial charge in [-0.25, -0.2) is 0 Å². The second kappa shape index (κ2) is 3.93. The van der Waals surface area contributed by atoms with Crippen LogP contribution in [0.4, 0.5) is 5.69 Å². The van der Waals surface area contributed by atoms with E-state index in [0.29, 0.717) is 0 Å². The Hall–Kier alpha value is -2.30. The molecule has 0 saturated heterocycles. The Labute approximate surface area is 97.8 Å². The van der Waals surface area contributed by atoms with Crippen LogP contribution >= 0.6 is 0 Å². The lowest BCUT2D eigenvalue weighted by Crippen LogP contribution is -2.25. The van der Waals surface area contributed by atoms with Crippen molar-refractivity contribution in [1.29, 1.82) is 0 Å². The van der Waals surface area contributed by atoms with Gasteiger partial charge >= 0.3 is 0 Å². The third-order valence-electron chi connectivity index (χ3n) is 2.60. The number of hydrogen-bond donors (Lipinski definition) is 1. The van der Waals surface area contributed by atoms with E-state index in [2.05, 4.69) is 0 Å². The summed E-state index contributed by atoms with van der Waals surface area (Å²) < 4.78 is 9.84. The predicted octanol–water partition coefficient (Wildman–Crippen LogP) is 1.15. The first-order chi connectivity index (χ1) is 8.11. The van der Waals surface area contributed by atoms with Crippen LogP contribution in [0.25, 0.3) is 0 Å². The topological polar surface area (TPSA) is 78.6 Å². The van der Waals surface area contributed by atoms with Gasteiger partial charge in [-0.1, -0.05) is 12.1 Å². The number of fused-ring (bicyclic) bond motifs is 1. The zero-order valence-electron chi connectivity index (χ0n) is 9.44. The van der Waals surface area contributed by atoms with Gasteiger partial charge in [-0.2, -0.15) is 0 Å². The number of carbonyl (C=O) groups excluding carboxylic acids is 2. The number of carbonyl (C=O) groups is 2. The molecule has 17 heavy (non-hydrogen) atoms. The molecule has 1 aliphatic rings. The summed E-state index contributed by atoms with van der Waals surface area (Å²) in [6.45, 7) is 0. The predicted molar refractivity (Wildman–Crippen MR) is 60.6 cm³/mol. The van der Waals surface area contributed by atoms with Crippen LogP contribution < -0.4 is 5.73 Å². The van der Waals surface area contributed by atoms with Crippen LogP contribution in [0.2, 0.25) is 0 Å². The van der Waals surface area contributed by atoms with Crippen LogP contribution in [-0.4, -0.2) is 25.8 Å². The van der Waals surface area contributed by atoms with Gasteiger partial charge in [0.15, 0.2) is 0 Å². The Morgan fingerprint density at radius 3 is 2.18 bits per heavy atom. The normalized spacial score (nSPS) is 14.7. The fourth-order valence-corrected chi connectivity index (χ4v) is 1.83. The second-order valence-electron chi connectivity index (χ2n) is 3.49. The number of ketones is 2. The number of ether oxygens (including phenoxy) is 2. The fourth-order valence-electron chi connectivity index (χ4n) is 1.83. The van der Waals surface area contributed by atoms with Crippen LogP contribution in [0, 0.1) is 0 Å². The smallest absolute Gasteiger partial charge is 0.234 e. The number of nitrogens with two attached hydrogens (primary N) is 1. The fraction of sp³-hybridized carbons (Fsp3) is 0.167. The number of rotatable bonds is 2. The number of anilines is 1. The van der Waals surface area contributed by atoms with Gasteiger partial charge in [-0.3, -0.25) is 9.59 Å². The Balaban J connectivity index is 2.73. The minimum absolute atomic E-state index is 0.0874. The summed E-state index contributed by atoms with van der Waals surface area (Å²) in [5.41, 5.74) is 6.38. The van der Waals surface area contributed by atoms with Gasteiger partial charge in [0.25, 0.3) is 0 Å². The Bertz CT molecular complexity index is 545. The van der Waals surface area contributed by atoms with Gasteiger partial charge in [0.05, 0.1) is 19.8 Å². The molecule has 0 spiro atoms. The molecule has 0 bridgehead atoms. The molecule has 0 aromatic heterocycles. The Morgan fingerprint density at radius 2 is 1.59 bits per heavy atom. The molecule has 5 nitrogen and oxygen atoms in total. The SMILES string of the molecule is COC1=C(OC)C(=O)c2c(N)cccc2C1=O. The molecule has 1 aromatic carbocycles. The van der Waals surface area contributed by atoms with Gasteiger partial charge in [-0.15, -0.1) is 0 Å². The lowest BCUT2D eigenvalue weighted by Gasteiger charge is -2.19. The first-order valence-electron chi connectivity index (χ1n) is 4.92. The van der Waals surface area contributed by atoms with Crippen LogP contribution in [0.5, 0.6) is 0 Å². The molecule has 0 saturated carbocycles. The average molecular weight is 233 g/mol. The summed E-state index contributed by atoms with van der Waals surface area (Å²) in [5.74, 6) is -1.03. The van der Waals surface area contributed by atoms with Gasteiger partial charge in [0.1, 0.15) is 0 Å². The molecule has 0 atom stereocenters. The summed E-state index contributed by atoms with van der Waals surface area (Å²) in [6.07, 6.45) is 0. The second-order valence-corrected chi connectivity index (χ2v) is 3.49. The van der Waals surface area contributed by atoms with Crippen molar-refractivity contribution in [1.82, 2.24) is 0 Å². The first kappa shape index (κ1) is 11.2. The highest BCUT2D eigenvalue weighted by Crippen LogP contribution is 2.30. The number of methoxy groups -OCH3 is 2. The molecule has 0 fully saturated rings. The van der Waals surface area contributed by atoms with E-state index in [1.54, 1.807) is 12.1 Å². The quantitative estimate of drug-likeness (QED) is 0.775. The van der Waals surface area contributed by atoms with Gasteiger partial charge in [-0.05, 0) is 6.07 Å². The van der Waals surface area contributed by atoms with E-state index in [1.165, 1.54) is 20.3 Å². The summed E-state index contributed by atoms with van der Waals surface area (Å²) in [6, 6.07) is 4.72. The van der Waals surface area contributed by atoms with Crippen molar-refractivity contribution in [2.24, 2.45) is 0 Å². The monoisotopic (exact) mass is 233 g/mol. The van der Waals surface area contributed by atoms with Crippen molar-refractivity contribution in [3.05, 3.63) is 40.8 Å². The number of benzene rings is 1. The van der Waals surface area contributed by atoms with E-state index in [0.717, 1.165) is 0 Å². The van der Waals surface area contributed by atoms with Crippen molar-refractivity contribution in [2.45, 2.75) is 0 Å². The van der Waals surface area contributed by atoms with E-state index in [4.69, 9.17) is 15.2 Å². The lowest BCUT2D eigenvalue weighted by molar-refractivity contribution is 0.0830. The summed E-state index contributed by atoms with van der Waals surface area (Å²) in [7, 11) is 2.63. The lowest BCUT2D eigenvalue weighted by atomic mass is 9.91. The highest BCUT2D eigenvalue weighted by Gasteiger charge is 2.35.